The van der Waals surface area contributed by atoms with Crippen molar-refractivity contribution in [3.05, 3.63) is 23.8 Å². The van der Waals surface area contributed by atoms with Crippen LogP contribution in [0.1, 0.15) is 18.3 Å². The largest absolute Gasteiger partial charge is 0.381 e. The molecule has 1 aromatic rings. The van der Waals surface area contributed by atoms with E-state index in [9.17, 15) is 0 Å². The Morgan fingerprint density at radius 1 is 1.50 bits per heavy atom. The number of amidine groups is 1. The van der Waals surface area contributed by atoms with E-state index in [2.05, 4.69) is 15.0 Å². The lowest BCUT2D eigenvalue weighted by Crippen LogP contribution is -2.17. The van der Waals surface area contributed by atoms with E-state index in [0.717, 1.165) is 5.56 Å². The maximum Gasteiger partial charge on any atom is 0.194 e. The number of nitrogens with zero attached hydrogens (tertiary/aromatic N) is 3. The van der Waals surface area contributed by atoms with Crippen LogP contribution in [0.25, 0.3) is 0 Å². The van der Waals surface area contributed by atoms with Gasteiger partial charge in [0.25, 0.3) is 0 Å². The summed E-state index contributed by atoms with van der Waals surface area (Å²) in [6.45, 7) is 4.50. The molecule has 0 aliphatic carbocycles. The Bertz CT molecular complexity index is 276. The maximum atomic E-state index is 5.58. The van der Waals surface area contributed by atoms with Gasteiger partial charge in [-0.05, 0) is 19.4 Å². The predicted molar refractivity (Wildman–Crippen MR) is 48.0 cm³/mol. The van der Waals surface area contributed by atoms with Gasteiger partial charge in [0.1, 0.15) is 0 Å². The van der Waals surface area contributed by atoms with Gasteiger partial charge in [-0.25, -0.2) is 9.97 Å². The lowest BCUT2D eigenvalue weighted by molar-refractivity contribution is 1.06. The summed E-state index contributed by atoms with van der Waals surface area (Å²) in [5.41, 5.74) is 6.60. The van der Waals surface area contributed by atoms with Crippen molar-refractivity contribution in [1.29, 1.82) is 0 Å². The molecule has 2 N–H and O–H groups in total. The van der Waals surface area contributed by atoms with Crippen LogP contribution in [-0.2, 0) is 0 Å². The average Bonchev–Trinajstić information content (AvgIpc) is 2.06. The topological polar surface area (TPSA) is 64.2 Å². The predicted octanol–water partition coefficient (Wildman–Crippen LogP) is 0.510. The van der Waals surface area contributed by atoms with Gasteiger partial charge in [-0.1, -0.05) is 0 Å². The van der Waals surface area contributed by atoms with Crippen molar-refractivity contribution in [2.75, 3.05) is 6.54 Å². The molecule has 0 aliphatic heterocycles. The Kier molecular flexibility index (Phi) is 2.74. The van der Waals surface area contributed by atoms with E-state index >= 15 is 0 Å². The highest BCUT2D eigenvalue weighted by Gasteiger charge is 1.98. The smallest absolute Gasteiger partial charge is 0.194 e. The van der Waals surface area contributed by atoms with Gasteiger partial charge < -0.3 is 5.73 Å². The van der Waals surface area contributed by atoms with Crippen LogP contribution < -0.4 is 5.73 Å². The highest BCUT2D eigenvalue weighted by molar-refractivity contribution is 5.93. The minimum absolute atomic E-state index is 0.400. The van der Waals surface area contributed by atoms with Gasteiger partial charge in [0.05, 0.1) is 0 Å². The molecule has 1 heterocycles. The minimum Gasteiger partial charge on any atom is -0.381 e. The first-order chi connectivity index (χ1) is 5.74. The van der Waals surface area contributed by atoms with E-state index < -0.39 is 0 Å². The number of aliphatic imine (C=N–C) groups is 1. The van der Waals surface area contributed by atoms with Gasteiger partial charge in [-0.3, -0.25) is 4.99 Å². The molecule has 0 spiro atoms. The number of rotatable bonds is 2. The molecule has 0 fully saturated rings. The first-order valence-electron chi connectivity index (χ1n) is 3.83. The van der Waals surface area contributed by atoms with E-state index in [1.165, 1.54) is 0 Å². The summed E-state index contributed by atoms with van der Waals surface area (Å²) in [4.78, 5) is 12.1. The summed E-state index contributed by atoms with van der Waals surface area (Å²) in [7, 11) is 0. The van der Waals surface area contributed by atoms with E-state index in [1.54, 1.807) is 12.4 Å². The van der Waals surface area contributed by atoms with E-state index in [4.69, 9.17) is 5.73 Å². The molecule has 12 heavy (non-hydrogen) atoms. The fourth-order valence-electron chi connectivity index (χ4n) is 0.766. The Morgan fingerprint density at radius 3 is 2.58 bits per heavy atom. The van der Waals surface area contributed by atoms with Crippen molar-refractivity contribution < 1.29 is 0 Å². The lowest BCUT2D eigenvalue weighted by atomic mass is 10.4. The molecule has 0 unspecified atom stereocenters. The summed E-state index contributed by atoms with van der Waals surface area (Å²) >= 11 is 0. The fourth-order valence-corrected chi connectivity index (χ4v) is 0.766. The fraction of sp³-hybridized carbons (Fsp3) is 0.375. The van der Waals surface area contributed by atoms with Gasteiger partial charge in [0, 0.05) is 18.9 Å². The molecule has 64 valence electrons. The SMILES string of the molecule is CCN=C(N)c1ncc(C)cn1. The summed E-state index contributed by atoms with van der Waals surface area (Å²) in [5, 5.41) is 0. The van der Waals surface area contributed by atoms with Crippen LogP contribution in [-0.4, -0.2) is 22.3 Å². The molecule has 0 bridgehead atoms. The van der Waals surface area contributed by atoms with Gasteiger partial charge in [0.2, 0.25) is 0 Å². The zero-order valence-corrected chi connectivity index (χ0v) is 7.28. The zero-order chi connectivity index (χ0) is 8.97. The molecule has 0 amide bonds. The average molecular weight is 164 g/mol. The maximum absolute atomic E-state index is 5.58. The third kappa shape index (κ3) is 2.02. The molecular formula is C8H12N4. The summed E-state index contributed by atoms with van der Waals surface area (Å²) in [6.07, 6.45) is 3.45. The molecule has 0 aliphatic rings. The van der Waals surface area contributed by atoms with Crippen molar-refractivity contribution in [2.45, 2.75) is 13.8 Å². The van der Waals surface area contributed by atoms with Crippen LogP contribution in [0.2, 0.25) is 0 Å². The van der Waals surface area contributed by atoms with Crippen molar-refractivity contribution in [2.24, 2.45) is 10.7 Å². The molecule has 1 aromatic heterocycles. The van der Waals surface area contributed by atoms with E-state index in [-0.39, 0.29) is 0 Å². The number of hydrogen-bond acceptors (Lipinski definition) is 3. The second-order valence-electron chi connectivity index (χ2n) is 2.44. The second-order valence-corrected chi connectivity index (χ2v) is 2.44. The van der Waals surface area contributed by atoms with Crippen LogP contribution in [0.5, 0.6) is 0 Å². The third-order valence-electron chi connectivity index (χ3n) is 1.34. The first-order valence-corrected chi connectivity index (χ1v) is 3.83. The second kappa shape index (κ2) is 3.80. The van der Waals surface area contributed by atoms with Crippen LogP contribution >= 0.6 is 0 Å². The Hall–Kier alpha value is -1.45. The number of hydrogen-bond donors (Lipinski definition) is 1. The molecule has 0 atom stereocenters. The highest BCUT2D eigenvalue weighted by Crippen LogP contribution is 1.92. The van der Waals surface area contributed by atoms with Crippen LogP contribution in [0.15, 0.2) is 17.4 Å². The summed E-state index contributed by atoms with van der Waals surface area (Å²) in [6, 6.07) is 0. The van der Waals surface area contributed by atoms with Gasteiger partial charge in [-0.2, -0.15) is 0 Å². The van der Waals surface area contributed by atoms with Crippen molar-refractivity contribution in [3.63, 3.8) is 0 Å². The Labute approximate surface area is 71.6 Å². The van der Waals surface area contributed by atoms with E-state index in [1.807, 2.05) is 13.8 Å². The van der Waals surface area contributed by atoms with Gasteiger partial charge in [-0.15, -0.1) is 0 Å². The molecule has 0 saturated carbocycles. The van der Waals surface area contributed by atoms with Gasteiger partial charge >= 0.3 is 0 Å². The molecule has 4 nitrogen and oxygen atoms in total. The highest BCUT2D eigenvalue weighted by atomic mass is 15.0. The number of aromatic nitrogens is 2. The zero-order valence-electron chi connectivity index (χ0n) is 7.28. The Morgan fingerprint density at radius 2 is 2.08 bits per heavy atom. The molecule has 0 aromatic carbocycles. The summed E-state index contributed by atoms with van der Waals surface area (Å²) in [5.74, 6) is 0.903. The quantitative estimate of drug-likeness (QED) is 0.511. The van der Waals surface area contributed by atoms with Crippen LogP contribution in [0.4, 0.5) is 0 Å². The first kappa shape index (κ1) is 8.64. The lowest BCUT2D eigenvalue weighted by Gasteiger charge is -1.97. The standard InChI is InChI=1S/C8H12N4/c1-3-10-7(9)8-11-4-6(2)5-12-8/h4-5H,3H2,1-2H3,(H2,9,10). The van der Waals surface area contributed by atoms with E-state index in [0.29, 0.717) is 18.2 Å². The van der Waals surface area contributed by atoms with Crippen molar-refractivity contribution >= 4 is 5.84 Å². The molecule has 4 heteroatoms. The van der Waals surface area contributed by atoms with Crippen molar-refractivity contribution in [1.82, 2.24) is 9.97 Å². The normalized spacial score (nSPS) is 11.7. The molecule has 0 saturated heterocycles. The van der Waals surface area contributed by atoms with Gasteiger partial charge in [0.15, 0.2) is 11.7 Å². The minimum atomic E-state index is 0.400. The molecular weight excluding hydrogens is 152 g/mol. The Balaban J connectivity index is 2.89. The third-order valence-corrected chi connectivity index (χ3v) is 1.34. The number of nitrogens with two attached hydrogens (primary N) is 1. The van der Waals surface area contributed by atoms with Crippen LogP contribution in [0.3, 0.4) is 0 Å². The monoisotopic (exact) mass is 164 g/mol. The number of aryl methyl sites for hydroxylation is 1. The molecule has 0 radical (unpaired) electrons. The van der Waals surface area contributed by atoms with Crippen molar-refractivity contribution in [3.8, 4) is 0 Å². The summed E-state index contributed by atoms with van der Waals surface area (Å²) < 4.78 is 0. The van der Waals surface area contributed by atoms with Crippen LogP contribution in [0, 0.1) is 6.92 Å². The molecule has 1 rings (SSSR count).